The molecular formula is C28H28N6O2S. The fraction of sp³-hybridized carbons (Fsp3) is 0.286. The van der Waals surface area contributed by atoms with E-state index >= 15 is 0 Å². The number of hydrogen-bond donors (Lipinski definition) is 1. The maximum absolute atomic E-state index is 13.1. The van der Waals surface area contributed by atoms with Crippen LogP contribution < -0.4 is 15.0 Å². The maximum Gasteiger partial charge on any atom is 0.229 e. The van der Waals surface area contributed by atoms with Gasteiger partial charge in [0.05, 0.1) is 24.4 Å². The van der Waals surface area contributed by atoms with Crippen LogP contribution in [-0.4, -0.2) is 51.4 Å². The number of aryl methyl sites for hydroxylation is 1. The Balaban J connectivity index is 1.10. The molecule has 1 atom stereocenters. The quantitative estimate of drug-likeness (QED) is 0.390. The molecule has 0 saturated carbocycles. The number of aromatic nitrogens is 4. The molecule has 1 N–H and O–H groups in total. The molecule has 6 rings (SSSR count). The fourth-order valence-electron chi connectivity index (χ4n) is 4.86. The fourth-order valence-corrected chi connectivity index (χ4v) is 5.80. The summed E-state index contributed by atoms with van der Waals surface area (Å²) in [5.74, 6) is 2.67. The molecule has 2 aromatic carbocycles. The zero-order valence-electron chi connectivity index (χ0n) is 20.6. The molecule has 1 amide bonds. The molecule has 188 valence electrons. The number of fused-ring (bicyclic) bond motifs is 1. The van der Waals surface area contributed by atoms with E-state index in [9.17, 15) is 4.79 Å². The average molecular weight is 513 g/mol. The molecule has 2 aromatic heterocycles. The Hall–Kier alpha value is -3.85. The van der Waals surface area contributed by atoms with Gasteiger partial charge in [0.2, 0.25) is 5.91 Å². The van der Waals surface area contributed by atoms with Gasteiger partial charge in [0.25, 0.3) is 0 Å². The Morgan fingerprint density at radius 3 is 2.59 bits per heavy atom. The number of rotatable bonds is 6. The summed E-state index contributed by atoms with van der Waals surface area (Å²) in [6.07, 6.45) is 5.48. The highest BCUT2D eigenvalue weighted by atomic mass is 32.2. The Kier molecular flexibility index (Phi) is 6.53. The van der Waals surface area contributed by atoms with E-state index in [4.69, 9.17) is 9.72 Å². The molecule has 4 aromatic rings. The lowest BCUT2D eigenvalue weighted by Crippen LogP contribution is -2.41. The number of piperidine rings is 1. The number of nitrogens with one attached hydrogen (secondary N) is 1. The minimum Gasteiger partial charge on any atom is -0.497 e. The number of benzene rings is 2. The first-order valence-electron chi connectivity index (χ1n) is 12.5. The number of hydrogen-bond acceptors (Lipinski definition) is 7. The summed E-state index contributed by atoms with van der Waals surface area (Å²) < 4.78 is 7.45. The van der Waals surface area contributed by atoms with Crippen LogP contribution in [0.4, 0.5) is 11.5 Å². The third-order valence-electron chi connectivity index (χ3n) is 6.91. The molecule has 2 aliphatic rings. The van der Waals surface area contributed by atoms with Crippen LogP contribution in [0.25, 0.3) is 22.5 Å². The molecule has 1 unspecified atom stereocenters. The summed E-state index contributed by atoms with van der Waals surface area (Å²) in [5.41, 5.74) is 4.68. The lowest BCUT2D eigenvalue weighted by atomic mass is 9.97. The van der Waals surface area contributed by atoms with Crippen molar-refractivity contribution in [1.82, 2.24) is 19.5 Å². The zero-order chi connectivity index (χ0) is 25.2. The molecule has 1 fully saturated rings. The predicted molar refractivity (Wildman–Crippen MR) is 146 cm³/mol. The smallest absolute Gasteiger partial charge is 0.229 e. The summed E-state index contributed by atoms with van der Waals surface area (Å²) in [6, 6.07) is 17.8. The van der Waals surface area contributed by atoms with Gasteiger partial charge in [-0.15, -0.1) is 0 Å². The largest absolute Gasteiger partial charge is 0.497 e. The van der Waals surface area contributed by atoms with Crippen LogP contribution in [0, 0.1) is 5.92 Å². The number of carbonyl (C=O) groups is 1. The lowest BCUT2D eigenvalue weighted by Gasteiger charge is -2.33. The van der Waals surface area contributed by atoms with Crippen molar-refractivity contribution in [1.29, 1.82) is 0 Å². The van der Waals surface area contributed by atoms with E-state index in [1.165, 1.54) is 0 Å². The number of carbonyl (C=O) groups excluding carboxylic acids is 1. The van der Waals surface area contributed by atoms with E-state index < -0.39 is 0 Å². The molecule has 2 aliphatic heterocycles. The standard InChI is InChI=1S/C28H28N6O2S/c1-36-23-10-6-19(7-11-23)24-15-26(30-18-29-24)33-12-2-3-21(16-33)27(35)31-22-8-4-20(5-9-22)25-17-34-13-14-37-28(34)32-25/h4-11,15,17-18,21H,2-3,12-14,16H2,1H3,(H,31,35). The Morgan fingerprint density at radius 1 is 1.03 bits per heavy atom. The van der Waals surface area contributed by atoms with Gasteiger partial charge in [0.1, 0.15) is 17.9 Å². The van der Waals surface area contributed by atoms with Gasteiger partial charge >= 0.3 is 0 Å². The van der Waals surface area contributed by atoms with Gasteiger partial charge < -0.3 is 19.5 Å². The van der Waals surface area contributed by atoms with Crippen molar-refractivity contribution in [3.05, 3.63) is 67.1 Å². The van der Waals surface area contributed by atoms with E-state index in [1.54, 1.807) is 25.2 Å². The Morgan fingerprint density at radius 2 is 1.81 bits per heavy atom. The highest BCUT2D eigenvalue weighted by molar-refractivity contribution is 7.99. The molecule has 0 radical (unpaired) electrons. The van der Waals surface area contributed by atoms with Crippen molar-refractivity contribution < 1.29 is 9.53 Å². The van der Waals surface area contributed by atoms with Crippen LogP contribution in [0.1, 0.15) is 12.8 Å². The maximum atomic E-state index is 13.1. The normalized spacial score (nSPS) is 16.9. The molecule has 0 aliphatic carbocycles. The molecule has 4 heterocycles. The van der Waals surface area contributed by atoms with Crippen LogP contribution in [0.15, 0.2) is 72.3 Å². The second-order valence-corrected chi connectivity index (χ2v) is 10.4. The summed E-state index contributed by atoms with van der Waals surface area (Å²) in [7, 11) is 1.65. The van der Waals surface area contributed by atoms with Gasteiger partial charge in [-0.3, -0.25) is 4.79 Å². The minimum absolute atomic E-state index is 0.0410. The molecule has 37 heavy (non-hydrogen) atoms. The summed E-state index contributed by atoms with van der Waals surface area (Å²) >= 11 is 1.79. The predicted octanol–water partition coefficient (Wildman–Crippen LogP) is 4.98. The van der Waals surface area contributed by atoms with E-state index in [0.29, 0.717) is 6.54 Å². The summed E-state index contributed by atoms with van der Waals surface area (Å²) in [6.45, 7) is 2.50. The van der Waals surface area contributed by atoms with Crippen LogP contribution in [0.5, 0.6) is 5.75 Å². The van der Waals surface area contributed by atoms with Crippen LogP contribution >= 0.6 is 11.8 Å². The van der Waals surface area contributed by atoms with Gasteiger partial charge in [-0.25, -0.2) is 15.0 Å². The first-order chi connectivity index (χ1) is 18.2. The number of nitrogens with zero attached hydrogens (tertiary/aromatic N) is 5. The monoisotopic (exact) mass is 512 g/mol. The SMILES string of the molecule is COc1ccc(-c2cc(N3CCCC(C(=O)Nc4ccc(-c5cn6c(n5)SCC6)cc4)C3)ncn2)cc1. The van der Waals surface area contributed by atoms with Crippen LogP contribution in [0.2, 0.25) is 0 Å². The average Bonchev–Trinajstić information content (AvgIpc) is 3.57. The first-order valence-corrected chi connectivity index (χ1v) is 13.5. The topological polar surface area (TPSA) is 85.2 Å². The number of imidazole rings is 1. The Labute approximate surface area is 220 Å². The van der Waals surface area contributed by atoms with Crippen molar-refractivity contribution in [3.8, 4) is 28.3 Å². The number of anilines is 2. The van der Waals surface area contributed by atoms with E-state index in [-0.39, 0.29) is 11.8 Å². The molecule has 1 saturated heterocycles. The van der Waals surface area contributed by atoms with Crippen LogP contribution in [0.3, 0.4) is 0 Å². The summed E-state index contributed by atoms with van der Waals surface area (Å²) in [5, 5.41) is 4.19. The van der Waals surface area contributed by atoms with Crippen molar-refractivity contribution in [3.63, 3.8) is 0 Å². The van der Waals surface area contributed by atoms with E-state index in [2.05, 4.69) is 30.9 Å². The van der Waals surface area contributed by atoms with Gasteiger partial charge in [-0.05, 0) is 49.2 Å². The number of thioether (sulfide) groups is 1. The number of ether oxygens (including phenoxy) is 1. The molecule has 8 nitrogen and oxygen atoms in total. The molecule has 0 spiro atoms. The van der Waals surface area contributed by atoms with E-state index in [1.807, 2.05) is 54.6 Å². The second-order valence-electron chi connectivity index (χ2n) is 9.29. The molecule has 9 heteroatoms. The van der Waals surface area contributed by atoms with Crippen molar-refractivity contribution in [2.24, 2.45) is 5.92 Å². The third kappa shape index (κ3) is 5.04. The highest BCUT2D eigenvalue weighted by Gasteiger charge is 2.27. The number of methoxy groups -OCH3 is 1. The Bertz CT molecular complexity index is 1380. The van der Waals surface area contributed by atoms with Gasteiger partial charge in [-0.2, -0.15) is 0 Å². The first kappa shape index (κ1) is 23.5. The highest BCUT2D eigenvalue weighted by Crippen LogP contribution is 2.30. The van der Waals surface area contributed by atoms with Gasteiger partial charge in [-0.1, -0.05) is 23.9 Å². The minimum atomic E-state index is -0.110. The molecular weight excluding hydrogens is 484 g/mol. The van der Waals surface area contributed by atoms with Crippen molar-refractivity contribution >= 4 is 29.2 Å². The van der Waals surface area contributed by atoms with Crippen molar-refractivity contribution in [2.75, 3.05) is 36.2 Å². The lowest BCUT2D eigenvalue weighted by molar-refractivity contribution is -0.120. The third-order valence-corrected chi connectivity index (χ3v) is 7.88. The van der Waals surface area contributed by atoms with Crippen molar-refractivity contribution in [2.45, 2.75) is 24.5 Å². The summed E-state index contributed by atoms with van der Waals surface area (Å²) in [4.78, 5) is 29.0. The zero-order valence-corrected chi connectivity index (χ0v) is 21.4. The van der Waals surface area contributed by atoms with Gasteiger partial charge in [0, 0.05) is 54.5 Å². The van der Waals surface area contributed by atoms with Gasteiger partial charge in [0.15, 0.2) is 5.16 Å². The van der Waals surface area contributed by atoms with E-state index in [0.717, 1.165) is 76.6 Å². The molecule has 0 bridgehead atoms. The van der Waals surface area contributed by atoms with Crippen LogP contribution in [-0.2, 0) is 11.3 Å². The second kappa shape index (κ2) is 10.3. The number of amides is 1.